The van der Waals surface area contributed by atoms with Gasteiger partial charge in [0.1, 0.15) is 0 Å². The third kappa shape index (κ3) is 2.85. The summed E-state index contributed by atoms with van der Waals surface area (Å²) in [4.78, 5) is 0. The number of hydrogen-bond acceptors (Lipinski definition) is 1. The van der Waals surface area contributed by atoms with Crippen LogP contribution in [0.1, 0.15) is 50.8 Å². The fourth-order valence-electron chi connectivity index (χ4n) is 2.20. The van der Waals surface area contributed by atoms with Crippen LogP contribution in [0.25, 0.3) is 0 Å². The van der Waals surface area contributed by atoms with Crippen LogP contribution >= 0.6 is 0 Å². The van der Waals surface area contributed by atoms with Gasteiger partial charge in [-0.15, -0.1) is 0 Å². The molecule has 0 aliphatic rings. The number of hydrogen-bond donors (Lipinski definition) is 1. The van der Waals surface area contributed by atoms with Crippen molar-refractivity contribution in [2.75, 3.05) is 6.61 Å². The van der Waals surface area contributed by atoms with E-state index < -0.39 is 0 Å². The maximum absolute atomic E-state index is 9.15. The third-order valence-corrected chi connectivity index (χ3v) is 3.43. The van der Waals surface area contributed by atoms with E-state index in [0.29, 0.717) is 0 Å². The van der Waals surface area contributed by atoms with Crippen LogP contribution in [0, 0.1) is 0 Å². The predicted molar refractivity (Wildman–Crippen MR) is 69.9 cm³/mol. The second kappa shape index (κ2) is 5.49. The topological polar surface area (TPSA) is 20.2 Å². The van der Waals surface area contributed by atoms with Crippen molar-refractivity contribution in [1.29, 1.82) is 0 Å². The molecule has 1 heteroatoms. The molecule has 0 saturated heterocycles. The third-order valence-electron chi connectivity index (χ3n) is 3.43. The van der Waals surface area contributed by atoms with Crippen LogP contribution in [0.15, 0.2) is 18.2 Å². The number of aliphatic hydroxyl groups excluding tert-OH is 1. The van der Waals surface area contributed by atoms with Crippen LogP contribution in [-0.4, -0.2) is 11.7 Å². The minimum absolute atomic E-state index is 0.0747. The van der Waals surface area contributed by atoms with Gasteiger partial charge >= 0.3 is 0 Å². The van der Waals surface area contributed by atoms with E-state index >= 15 is 0 Å². The van der Waals surface area contributed by atoms with Crippen molar-refractivity contribution < 1.29 is 5.11 Å². The molecule has 0 fully saturated rings. The van der Waals surface area contributed by atoms with E-state index in [2.05, 4.69) is 45.9 Å². The Morgan fingerprint density at radius 1 is 1.12 bits per heavy atom. The summed E-state index contributed by atoms with van der Waals surface area (Å²) in [5.41, 5.74) is 4.28. The summed E-state index contributed by atoms with van der Waals surface area (Å²) >= 11 is 0. The molecule has 0 bridgehead atoms. The molecule has 1 N–H and O–H groups in total. The van der Waals surface area contributed by atoms with Crippen molar-refractivity contribution in [3.8, 4) is 0 Å². The van der Waals surface area contributed by atoms with E-state index in [9.17, 15) is 0 Å². The Morgan fingerprint density at radius 2 is 1.81 bits per heavy atom. The molecule has 90 valence electrons. The van der Waals surface area contributed by atoms with E-state index in [1.165, 1.54) is 16.7 Å². The van der Waals surface area contributed by atoms with E-state index in [4.69, 9.17) is 5.11 Å². The zero-order chi connectivity index (χ0) is 12.2. The first-order valence-electron chi connectivity index (χ1n) is 6.28. The van der Waals surface area contributed by atoms with Crippen molar-refractivity contribution in [2.24, 2.45) is 0 Å². The SMILES string of the molecule is CCc1ccc(CC)c(C(C)(C)CCO)c1. The van der Waals surface area contributed by atoms with Crippen molar-refractivity contribution in [2.45, 2.75) is 52.4 Å². The second-order valence-electron chi connectivity index (χ2n) is 5.06. The summed E-state index contributed by atoms with van der Waals surface area (Å²) in [6.07, 6.45) is 2.97. The van der Waals surface area contributed by atoms with E-state index in [1.807, 2.05) is 0 Å². The van der Waals surface area contributed by atoms with Gasteiger partial charge in [0.2, 0.25) is 0 Å². The van der Waals surface area contributed by atoms with Gasteiger partial charge in [-0.25, -0.2) is 0 Å². The van der Waals surface area contributed by atoms with E-state index in [1.54, 1.807) is 0 Å². The largest absolute Gasteiger partial charge is 0.396 e. The standard InChI is InChI=1S/C15H24O/c1-5-12-7-8-13(6-2)14(11-12)15(3,4)9-10-16/h7-8,11,16H,5-6,9-10H2,1-4H3. The maximum atomic E-state index is 9.15. The number of aryl methyl sites for hydroxylation is 2. The van der Waals surface area contributed by atoms with Gasteiger partial charge < -0.3 is 5.11 Å². The van der Waals surface area contributed by atoms with Crippen LogP contribution in [0.3, 0.4) is 0 Å². The first-order valence-corrected chi connectivity index (χ1v) is 6.28. The lowest BCUT2D eigenvalue weighted by Gasteiger charge is -2.27. The fraction of sp³-hybridized carbons (Fsp3) is 0.600. The average Bonchev–Trinajstić information content (AvgIpc) is 2.28. The fourth-order valence-corrected chi connectivity index (χ4v) is 2.20. The second-order valence-corrected chi connectivity index (χ2v) is 5.06. The molecule has 1 aromatic carbocycles. The molecular formula is C15H24O. The predicted octanol–water partition coefficient (Wildman–Crippen LogP) is 3.47. The van der Waals surface area contributed by atoms with Gasteiger partial charge in [0, 0.05) is 6.61 Å². The summed E-state index contributed by atoms with van der Waals surface area (Å²) in [7, 11) is 0. The Bertz CT molecular complexity index is 339. The Balaban J connectivity index is 3.17. The molecule has 1 aromatic rings. The maximum Gasteiger partial charge on any atom is 0.0439 e. The minimum Gasteiger partial charge on any atom is -0.396 e. The normalized spacial score (nSPS) is 11.8. The van der Waals surface area contributed by atoms with Gasteiger partial charge in [0.15, 0.2) is 0 Å². The van der Waals surface area contributed by atoms with Crippen molar-refractivity contribution in [1.82, 2.24) is 0 Å². The van der Waals surface area contributed by atoms with E-state index in [-0.39, 0.29) is 12.0 Å². The highest BCUT2D eigenvalue weighted by Gasteiger charge is 2.22. The number of rotatable bonds is 5. The molecular weight excluding hydrogens is 196 g/mol. The lowest BCUT2D eigenvalue weighted by molar-refractivity contribution is 0.252. The summed E-state index contributed by atoms with van der Waals surface area (Å²) in [6, 6.07) is 6.78. The summed E-state index contributed by atoms with van der Waals surface area (Å²) < 4.78 is 0. The Hall–Kier alpha value is -0.820. The van der Waals surface area contributed by atoms with Gasteiger partial charge in [-0.1, -0.05) is 45.9 Å². The van der Waals surface area contributed by atoms with Crippen LogP contribution < -0.4 is 0 Å². The lowest BCUT2D eigenvalue weighted by atomic mass is 9.78. The summed E-state index contributed by atoms with van der Waals surface area (Å²) in [6.45, 7) is 9.07. The highest BCUT2D eigenvalue weighted by atomic mass is 16.3. The van der Waals surface area contributed by atoms with Gasteiger partial charge in [0.25, 0.3) is 0 Å². The lowest BCUT2D eigenvalue weighted by Crippen LogP contribution is -2.21. The van der Waals surface area contributed by atoms with Crippen LogP contribution in [0.4, 0.5) is 0 Å². The average molecular weight is 220 g/mol. The van der Waals surface area contributed by atoms with Crippen molar-refractivity contribution in [3.63, 3.8) is 0 Å². The monoisotopic (exact) mass is 220 g/mol. The van der Waals surface area contributed by atoms with Crippen molar-refractivity contribution in [3.05, 3.63) is 34.9 Å². The first-order chi connectivity index (χ1) is 7.55. The number of benzene rings is 1. The number of aliphatic hydroxyl groups is 1. The van der Waals surface area contributed by atoms with Gasteiger partial charge in [-0.2, -0.15) is 0 Å². The molecule has 16 heavy (non-hydrogen) atoms. The molecule has 0 saturated carbocycles. The molecule has 0 spiro atoms. The Labute approximate surface area is 99.5 Å². The highest BCUT2D eigenvalue weighted by Crippen LogP contribution is 2.31. The summed E-state index contributed by atoms with van der Waals surface area (Å²) in [5.74, 6) is 0. The van der Waals surface area contributed by atoms with E-state index in [0.717, 1.165) is 19.3 Å². The summed E-state index contributed by atoms with van der Waals surface area (Å²) in [5, 5.41) is 9.15. The minimum atomic E-state index is 0.0747. The molecule has 1 nitrogen and oxygen atoms in total. The first kappa shape index (κ1) is 13.2. The van der Waals surface area contributed by atoms with Crippen LogP contribution in [-0.2, 0) is 18.3 Å². The quantitative estimate of drug-likeness (QED) is 0.805. The van der Waals surface area contributed by atoms with Gasteiger partial charge in [-0.05, 0) is 41.4 Å². The molecule has 1 rings (SSSR count). The zero-order valence-corrected chi connectivity index (χ0v) is 11.0. The van der Waals surface area contributed by atoms with Gasteiger partial charge in [-0.3, -0.25) is 0 Å². The Kier molecular flexibility index (Phi) is 4.55. The van der Waals surface area contributed by atoms with Gasteiger partial charge in [0.05, 0.1) is 0 Å². The smallest absolute Gasteiger partial charge is 0.0439 e. The molecule has 0 heterocycles. The molecule has 0 radical (unpaired) electrons. The molecule has 0 aliphatic carbocycles. The van der Waals surface area contributed by atoms with Crippen LogP contribution in [0.5, 0.6) is 0 Å². The highest BCUT2D eigenvalue weighted by molar-refractivity contribution is 5.37. The molecule has 0 atom stereocenters. The van der Waals surface area contributed by atoms with Crippen LogP contribution in [0.2, 0.25) is 0 Å². The zero-order valence-electron chi connectivity index (χ0n) is 11.0. The molecule has 0 aromatic heterocycles. The molecule has 0 aliphatic heterocycles. The van der Waals surface area contributed by atoms with Crippen molar-refractivity contribution >= 4 is 0 Å². The Morgan fingerprint density at radius 3 is 2.31 bits per heavy atom. The molecule has 0 amide bonds. The molecule has 0 unspecified atom stereocenters.